The Morgan fingerprint density at radius 1 is 1.25 bits per heavy atom. The van der Waals surface area contributed by atoms with Gasteiger partial charge in [-0.25, -0.2) is 4.98 Å². The second kappa shape index (κ2) is 6.55. The van der Waals surface area contributed by atoms with E-state index < -0.39 is 16.4 Å². The molecule has 2 aromatic carbocycles. The van der Waals surface area contributed by atoms with Gasteiger partial charge in [-0.1, -0.05) is 48.0 Å². The maximum Gasteiger partial charge on any atom is 0.311 e. The van der Waals surface area contributed by atoms with Crippen LogP contribution in [0.5, 0.6) is 5.75 Å². The van der Waals surface area contributed by atoms with Gasteiger partial charge in [-0.05, 0) is 17.7 Å². The van der Waals surface area contributed by atoms with Gasteiger partial charge in [0.15, 0.2) is 11.5 Å². The summed E-state index contributed by atoms with van der Waals surface area (Å²) in [7, 11) is 0. The van der Waals surface area contributed by atoms with Crippen LogP contribution >= 0.6 is 11.6 Å². The number of phenolic OH excluding ortho intramolecular Hbond substituents is 1. The third-order valence-corrected chi connectivity index (χ3v) is 3.53. The molecule has 3 aromatic rings. The van der Waals surface area contributed by atoms with Crippen LogP contribution in [-0.4, -0.2) is 15.0 Å². The van der Waals surface area contributed by atoms with Crippen molar-refractivity contribution >= 4 is 28.4 Å². The summed E-state index contributed by atoms with van der Waals surface area (Å²) in [6.45, 7) is 0. The summed E-state index contributed by atoms with van der Waals surface area (Å²) in [6.07, 6.45) is 3.04. The van der Waals surface area contributed by atoms with E-state index in [1.54, 1.807) is 6.20 Å². The lowest BCUT2D eigenvalue weighted by Crippen LogP contribution is -1.89. The molecule has 1 N–H and O–H groups in total. The number of nitro groups is 1. The first-order valence-corrected chi connectivity index (χ1v) is 7.28. The zero-order chi connectivity index (χ0) is 17.1. The van der Waals surface area contributed by atoms with Gasteiger partial charge in [0.05, 0.1) is 11.1 Å². The fourth-order valence-electron chi connectivity index (χ4n) is 2.10. The Hall–Kier alpha value is -3.12. The van der Waals surface area contributed by atoms with E-state index in [1.807, 2.05) is 30.3 Å². The van der Waals surface area contributed by atoms with Crippen molar-refractivity contribution in [3.05, 3.63) is 76.3 Å². The Labute approximate surface area is 141 Å². The summed E-state index contributed by atoms with van der Waals surface area (Å²) in [6, 6.07) is 13.4. The Morgan fingerprint density at radius 2 is 2.00 bits per heavy atom. The summed E-state index contributed by atoms with van der Waals surface area (Å²) < 4.78 is 5.61. The molecule has 1 aromatic heterocycles. The highest BCUT2D eigenvalue weighted by atomic mass is 35.5. The number of aromatic hydroxyl groups is 1. The van der Waals surface area contributed by atoms with Crippen LogP contribution in [0.3, 0.4) is 0 Å². The summed E-state index contributed by atoms with van der Waals surface area (Å²) in [5.41, 5.74) is 0.913. The van der Waals surface area contributed by atoms with E-state index in [2.05, 4.69) is 4.98 Å². The van der Waals surface area contributed by atoms with E-state index in [1.165, 1.54) is 24.3 Å². The molecule has 0 saturated carbocycles. The van der Waals surface area contributed by atoms with Crippen molar-refractivity contribution in [2.75, 3.05) is 0 Å². The van der Waals surface area contributed by atoms with Crippen LogP contribution < -0.4 is 0 Å². The van der Waals surface area contributed by atoms with Gasteiger partial charge in [-0.3, -0.25) is 10.1 Å². The van der Waals surface area contributed by atoms with Crippen LogP contribution in [0.25, 0.3) is 22.4 Å². The molecule has 0 amide bonds. The Balaban J connectivity index is 1.91. The average Bonchev–Trinajstić information content (AvgIpc) is 3.07. The largest absolute Gasteiger partial charge is 0.502 e. The molecule has 0 spiro atoms. The fourth-order valence-corrected chi connectivity index (χ4v) is 2.32. The lowest BCUT2D eigenvalue weighted by Gasteiger charge is -1.99. The minimum Gasteiger partial charge on any atom is -0.502 e. The molecule has 24 heavy (non-hydrogen) atoms. The highest BCUT2D eigenvalue weighted by Gasteiger charge is 2.14. The van der Waals surface area contributed by atoms with Crippen LogP contribution in [0.1, 0.15) is 11.5 Å². The third-order valence-electron chi connectivity index (χ3n) is 3.26. The first-order chi connectivity index (χ1) is 11.5. The zero-order valence-electron chi connectivity index (χ0n) is 12.2. The first kappa shape index (κ1) is 15.8. The molecule has 6 nitrogen and oxygen atoms in total. The molecule has 120 valence electrons. The number of aromatic nitrogens is 1. The normalized spacial score (nSPS) is 11.5. The molecule has 0 unspecified atom stereocenters. The molecule has 0 atom stereocenters. The minimum absolute atomic E-state index is 0.192. The second-order valence-electron chi connectivity index (χ2n) is 4.89. The van der Waals surface area contributed by atoms with Gasteiger partial charge in [0.1, 0.15) is 5.03 Å². The SMILES string of the molecule is O=[N+]([O-])c1cc(/C=C(\Cl)c2ncc(-c3ccccc3)o2)ccc1O. The second-order valence-corrected chi connectivity index (χ2v) is 5.30. The topological polar surface area (TPSA) is 89.4 Å². The summed E-state index contributed by atoms with van der Waals surface area (Å²) in [5.74, 6) is 0.357. The molecule has 0 bridgehead atoms. The van der Waals surface area contributed by atoms with Gasteiger partial charge in [0, 0.05) is 11.6 Å². The van der Waals surface area contributed by atoms with Gasteiger partial charge in [0.2, 0.25) is 5.89 Å². The van der Waals surface area contributed by atoms with Crippen LogP contribution in [0, 0.1) is 10.1 Å². The van der Waals surface area contributed by atoms with Gasteiger partial charge >= 0.3 is 5.69 Å². The van der Waals surface area contributed by atoms with Crippen molar-refractivity contribution in [2.45, 2.75) is 0 Å². The molecule has 1 heterocycles. The highest BCUT2D eigenvalue weighted by molar-refractivity contribution is 6.50. The maximum absolute atomic E-state index is 10.9. The summed E-state index contributed by atoms with van der Waals surface area (Å²) in [5, 5.41) is 20.5. The van der Waals surface area contributed by atoms with Crippen molar-refractivity contribution in [1.29, 1.82) is 0 Å². The van der Waals surface area contributed by atoms with E-state index in [0.29, 0.717) is 11.3 Å². The van der Waals surface area contributed by atoms with Gasteiger partial charge < -0.3 is 9.52 Å². The van der Waals surface area contributed by atoms with Gasteiger partial charge in [0.25, 0.3) is 0 Å². The quantitative estimate of drug-likeness (QED) is 0.548. The number of oxazole rings is 1. The maximum atomic E-state index is 10.9. The number of nitro benzene ring substituents is 1. The lowest BCUT2D eigenvalue weighted by atomic mass is 10.1. The van der Waals surface area contributed by atoms with Gasteiger partial charge in [-0.2, -0.15) is 0 Å². The minimum atomic E-state index is -0.667. The number of benzene rings is 2. The molecule has 3 rings (SSSR count). The average molecular weight is 343 g/mol. The third kappa shape index (κ3) is 3.28. The molecule has 0 fully saturated rings. The van der Waals surface area contributed by atoms with E-state index in [0.717, 1.165) is 5.56 Å². The van der Waals surface area contributed by atoms with E-state index in [9.17, 15) is 15.2 Å². The fraction of sp³-hybridized carbons (Fsp3) is 0. The molecule has 0 saturated heterocycles. The number of nitrogens with zero attached hydrogens (tertiary/aromatic N) is 2. The van der Waals surface area contributed by atoms with Crippen molar-refractivity contribution in [2.24, 2.45) is 0 Å². The van der Waals surface area contributed by atoms with Crippen LogP contribution in [0.4, 0.5) is 5.69 Å². The molecular weight excluding hydrogens is 332 g/mol. The Morgan fingerprint density at radius 3 is 2.71 bits per heavy atom. The zero-order valence-corrected chi connectivity index (χ0v) is 13.0. The summed E-state index contributed by atoms with van der Waals surface area (Å²) in [4.78, 5) is 14.3. The number of halogens is 1. The van der Waals surface area contributed by atoms with Crippen LogP contribution in [-0.2, 0) is 0 Å². The predicted octanol–water partition coefficient (Wildman–Crippen LogP) is 4.69. The highest BCUT2D eigenvalue weighted by Crippen LogP contribution is 2.30. The molecule has 0 aliphatic carbocycles. The molecule has 0 aliphatic rings. The van der Waals surface area contributed by atoms with E-state index in [4.69, 9.17) is 16.0 Å². The van der Waals surface area contributed by atoms with E-state index in [-0.39, 0.29) is 10.9 Å². The van der Waals surface area contributed by atoms with Gasteiger partial charge in [-0.15, -0.1) is 0 Å². The van der Waals surface area contributed by atoms with Crippen molar-refractivity contribution in [3.8, 4) is 17.1 Å². The van der Waals surface area contributed by atoms with Crippen molar-refractivity contribution in [3.63, 3.8) is 0 Å². The summed E-state index contributed by atoms with van der Waals surface area (Å²) >= 11 is 6.19. The number of rotatable bonds is 4. The van der Waals surface area contributed by atoms with Crippen LogP contribution in [0.2, 0.25) is 0 Å². The first-order valence-electron chi connectivity index (χ1n) is 6.91. The number of hydrogen-bond donors (Lipinski definition) is 1. The Bertz CT molecular complexity index is 919. The molecule has 0 radical (unpaired) electrons. The van der Waals surface area contributed by atoms with Crippen molar-refractivity contribution in [1.82, 2.24) is 4.98 Å². The number of phenols is 1. The number of hydrogen-bond acceptors (Lipinski definition) is 5. The monoisotopic (exact) mass is 342 g/mol. The van der Waals surface area contributed by atoms with Crippen molar-refractivity contribution < 1.29 is 14.4 Å². The Kier molecular flexibility index (Phi) is 4.31. The standard InChI is InChI=1S/C17H11ClN2O4/c18-13(8-11-6-7-15(21)14(9-11)20(22)23)17-19-10-16(24-17)12-4-2-1-3-5-12/h1-10,21H/b13-8-. The van der Waals surface area contributed by atoms with Crippen LogP contribution in [0.15, 0.2) is 59.1 Å². The van der Waals surface area contributed by atoms with E-state index >= 15 is 0 Å². The molecule has 0 aliphatic heterocycles. The molecular formula is C17H11ClN2O4. The smallest absolute Gasteiger partial charge is 0.311 e. The lowest BCUT2D eigenvalue weighted by molar-refractivity contribution is -0.385. The molecule has 7 heteroatoms. The predicted molar refractivity (Wildman–Crippen MR) is 90.4 cm³/mol.